The molecule has 1 aromatic rings. The smallest absolute Gasteiger partial charge is 0.142 e. The van der Waals surface area contributed by atoms with E-state index in [1.165, 1.54) is 0 Å². The van der Waals surface area contributed by atoms with Gasteiger partial charge < -0.3 is 10.2 Å². The summed E-state index contributed by atoms with van der Waals surface area (Å²) in [6.07, 6.45) is 5.28. The molecule has 0 saturated heterocycles. The number of aliphatic hydroxyl groups is 1. The average Bonchev–Trinajstić information content (AvgIpc) is 2.12. The van der Waals surface area contributed by atoms with Crippen molar-refractivity contribution in [1.29, 1.82) is 0 Å². The fraction of sp³-hybridized carbons (Fsp3) is 0.300. The van der Waals surface area contributed by atoms with Gasteiger partial charge in [0.25, 0.3) is 0 Å². The molecular weight excluding hydrogens is 202 g/mol. The summed E-state index contributed by atoms with van der Waals surface area (Å²) in [6.45, 7) is 3.40. The lowest BCUT2D eigenvalue weighted by atomic mass is 10.1. The zero-order valence-corrected chi connectivity index (χ0v) is 9.01. The standard InChI is InChI=1S/C10H13NO2.ClH/c1-3-4-8-5-11-7(2)10(13)9(8)6-12;/h3-5,12-13H,6H2,1-2H3;1H. The largest absolute Gasteiger partial charge is 0.506 e. The van der Waals surface area contributed by atoms with E-state index in [4.69, 9.17) is 5.11 Å². The first-order chi connectivity index (χ1) is 6.20. The molecule has 2 N–H and O–H groups in total. The highest BCUT2D eigenvalue weighted by Crippen LogP contribution is 2.24. The minimum Gasteiger partial charge on any atom is -0.506 e. The Bertz CT molecular complexity index is 337. The molecule has 0 bridgehead atoms. The molecule has 0 fully saturated rings. The van der Waals surface area contributed by atoms with Crippen molar-refractivity contribution in [3.8, 4) is 5.75 Å². The molecule has 0 aromatic carbocycles. The van der Waals surface area contributed by atoms with Gasteiger partial charge in [0, 0.05) is 17.3 Å². The lowest BCUT2D eigenvalue weighted by molar-refractivity contribution is 0.274. The normalized spacial score (nSPS) is 10.2. The molecule has 0 spiro atoms. The number of pyridine rings is 1. The highest BCUT2D eigenvalue weighted by molar-refractivity contribution is 5.85. The van der Waals surface area contributed by atoms with Gasteiger partial charge in [-0.25, -0.2) is 0 Å². The summed E-state index contributed by atoms with van der Waals surface area (Å²) in [5.41, 5.74) is 1.83. The maximum atomic E-state index is 9.55. The van der Waals surface area contributed by atoms with Gasteiger partial charge in [-0.05, 0) is 13.8 Å². The Morgan fingerprint density at radius 2 is 2.14 bits per heavy atom. The molecule has 0 saturated carbocycles. The quantitative estimate of drug-likeness (QED) is 0.794. The van der Waals surface area contributed by atoms with E-state index in [1.54, 1.807) is 19.2 Å². The van der Waals surface area contributed by atoms with Crippen LogP contribution < -0.4 is 0 Å². The predicted molar refractivity (Wildman–Crippen MR) is 58.5 cm³/mol. The summed E-state index contributed by atoms with van der Waals surface area (Å²) in [4.78, 5) is 3.99. The van der Waals surface area contributed by atoms with E-state index in [9.17, 15) is 5.11 Å². The summed E-state index contributed by atoms with van der Waals surface area (Å²) >= 11 is 0. The molecule has 78 valence electrons. The number of halogens is 1. The first-order valence-corrected chi connectivity index (χ1v) is 4.11. The molecule has 3 nitrogen and oxygen atoms in total. The van der Waals surface area contributed by atoms with Gasteiger partial charge in [0.2, 0.25) is 0 Å². The average molecular weight is 216 g/mol. The topological polar surface area (TPSA) is 53.4 Å². The van der Waals surface area contributed by atoms with Crippen LogP contribution in [0.15, 0.2) is 12.3 Å². The molecule has 0 aliphatic rings. The number of aromatic hydroxyl groups is 1. The Hall–Kier alpha value is -1.06. The van der Waals surface area contributed by atoms with Crippen LogP contribution in [0.25, 0.3) is 6.08 Å². The number of hydrogen-bond donors (Lipinski definition) is 2. The molecule has 1 rings (SSSR count). The van der Waals surface area contributed by atoms with E-state index in [0.717, 1.165) is 5.56 Å². The van der Waals surface area contributed by atoms with Gasteiger partial charge in [-0.2, -0.15) is 0 Å². The van der Waals surface area contributed by atoms with Crippen LogP contribution in [0.1, 0.15) is 23.7 Å². The molecular formula is C10H14ClNO2. The number of allylic oxidation sites excluding steroid dienone is 1. The van der Waals surface area contributed by atoms with Gasteiger partial charge in [-0.15, -0.1) is 12.4 Å². The highest BCUT2D eigenvalue weighted by atomic mass is 35.5. The van der Waals surface area contributed by atoms with Crippen LogP contribution in [0.5, 0.6) is 5.75 Å². The Balaban J connectivity index is 0.00000169. The van der Waals surface area contributed by atoms with Crippen molar-refractivity contribution in [3.05, 3.63) is 29.1 Å². The first-order valence-electron chi connectivity index (χ1n) is 4.11. The molecule has 0 aliphatic carbocycles. The fourth-order valence-electron chi connectivity index (χ4n) is 1.15. The summed E-state index contributed by atoms with van der Waals surface area (Å²) in [5.74, 6) is 0.0816. The van der Waals surface area contributed by atoms with Crippen LogP contribution >= 0.6 is 12.4 Å². The zero-order valence-electron chi connectivity index (χ0n) is 8.19. The minimum atomic E-state index is -0.172. The molecule has 0 atom stereocenters. The third-order valence-corrected chi connectivity index (χ3v) is 1.88. The highest BCUT2D eigenvalue weighted by Gasteiger charge is 2.07. The van der Waals surface area contributed by atoms with E-state index < -0.39 is 0 Å². The predicted octanol–water partition coefficient (Wildman–Crippen LogP) is 2.04. The maximum absolute atomic E-state index is 9.55. The number of aromatic nitrogens is 1. The Labute approximate surface area is 89.5 Å². The molecule has 14 heavy (non-hydrogen) atoms. The Kier molecular flexibility index (Phi) is 5.20. The summed E-state index contributed by atoms with van der Waals surface area (Å²) in [6, 6.07) is 0. The van der Waals surface area contributed by atoms with Crippen LogP contribution in [-0.4, -0.2) is 15.2 Å². The molecule has 0 amide bonds. The van der Waals surface area contributed by atoms with E-state index in [0.29, 0.717) is 11.3 Å². The first kappa shape index (κ1) is 12.9. The monoisotopic (exact) mass is 215 g/mol. The second-order valence-electron chi connectivity index (χ2n) is 2.78. The summed E-state index contributed by atoms with van der Waals surface area (Å²) in [5, 5.41) is 18.6. The number of aliphatic hydroxyl groups excluding tert-OH is 1. The third-order valence-electron chi connectivity index (χ3n) is 1.88. The number of hydrogen-bond acceptors (Lipinski definition) is 3. The lowest BCUT2D eigenvalue weighted by Crippen LogP contribution is -1.94. The zero-order chi connectivity index (χ0) is 9.84. The number of aryl methyl sites for hydroxylation is 1. The van der Waals surface area contributed by atoms with E-state index >= 15 is 0 Å². The van der Waals surface area contributed by atoms with Crippen LogP contribution in [0, 0.1) is 6.92 Å². The van der Waals surface area contributed by atoms with Gasteiger partial charge in [0.1, 0.15) is 5.75 Å². The van der Waals surface area contributed by atoms with Crippen molar-refractivity contribution in [2.75, 3.05) is 0 Å². The van der Waals surface area contributed by atoms with Gasteiger partial charge in [0.15, 0.2) is 0 Å². The number of rotatable bonds is 2. The van der Waals surface area contributed by atoms with Gasteiger partial charge >= 0.3 is 0 Å². The van der Waals surface area contributed by atoms with Crippen molar-refractivity contribution in [3.63, 3.8) is 0 Å². The van der Waals surface area contributed by atoms with Gasteiger partial charge in [-0.3, -0.25) is 4.98 Å². The van der Waals surface area contributed by atoms with E-state index in [1.807, 2.05) is 13.0 Å². The third kappa shape index (κ3) is 2.47. The van der Waals surface area contributed by atoms with Crippen LogP contribution in [-0.2, 0) is 6.61 Å². The molecule has 1 heterocycles. The maximum Gasteiger partial charge on any atom is 0.142 e. The molecule has 1 aromatic heterocycles. The van der Waals surface area contributed by atoms with Gasteiger partial charge in [-0.1, -0.05) is 12.2 Å². The van der Waals surface area contributed by atoms with Crippen molar-refractivity contribution < 1.29 is 10.2 Å². The number of nitrogens with zero attached hydrogens (tertiary/aromatic N) is 1. The lowest BCUT2D eigenvalue weighted by Gasteiger charge is -2.06. The Morgan fingerprint density at radius 1 is 1.50 bits per heavy atom. The molecule has 0 unspecified atom stereocenters. The minimum absolute atomic E-state index is 0. The Morgan fingerprint density at radius 3 is 2.64 bits per heavy atom. The van der Waals surface area contributed by atoms with Crippen molar-refractivity contribution in [2.24, 2.45) is 0 Å². The second-order valence-corrected chi connectivity index (χ2v) is 2.78. The molecule has 4 heteroatoms. The SMILES string of the molecule is CC=Cc1cnc(C)c(O)c1CO.Cl. The van der Waals surface area contributed by atoms with Crippen LogP contribution in [0.4, 0.5) is 0 Å². The van der Waals surface area contributed by atoms with Gasteiger partial charge in [0.05, 0.1) is 12.3 Å². The summed E-state index contributed by atoms with van der Waals surface area (Å²) in [7, 11) is 0. The van der Waals surface area contributed by atoms with E-state index in [-0.39, 0.29) is 24.8 Å². The fourth-order valence-corrected chi connectivity index (χ4v) is 1.15. The molecule has 0 radical (unpaired) electrons. The second kappa shape index (κ2) is 5.62. The van der Waals surface area contributed by atoms with Crippen LogP contribution in [0.3, 0.4) is 0 Å². The molecule has 0 aliphatic heterocycles. The summed E-state index contributed by atoms with van der Waals surface area (Å²) < 4.78 is 0. The van der Waals surface area contributed by atoms with Crippen molar-refractivity contribution >= 4 is 18.5 Å². The van der Waals surface area contributed by atoms with E-state index in [2.05, 4.69) is 4.98 Å². The van der Waals surface area contributed by atoms with Crippen molar-refractivity contribution in [1.82, 2.24) is 4.98 Å². The van der Waals surface area contributed by atoms with Crippen molar-refractivity contribution in [2.45, 2.75) is 20.5 Å². The van der Waals surface area contributed by atoms with Crippen LogP contribution in [0.2, 0.25) is 0 Å².